The summed E-state index contributed by atoms with van der Waals surface area (Å²) in [4.78, 5) is 59.6. The lowest BCUT2D eigenvalue weighted by molar-refractivity contribution is 0.0516. The Morgan fingerprint density at radius 2 is 0.922 bits per heavy atom. The first kappa shape index (κ1) is 32.7. The van der Waals surface area contributed by atoms with Crippen LogP contribution in [0.1, 0.15) is 125 Å². The number of hydrogen-bond donors (Lipinski definition) is 0. The van der Waals surface area contributed by atoms with E-state index in [2.05, 4.69) is 19.8 Å². The van der Waals surface area contributed by atoms with Gasteiger partial charge < -0.3 is 0 Å². The molecule has 6 aromatic carbocycles. The second-order valence-electron chi connectivity index (χ2n) is 14.1. The van der Waals surface area contributed by atoms with Gasteiger partial charge in [-0.1, -0.05) is 95.4 Å². The van der Waals surface area contributed by atoms with Gasteiger partial charge in [0.2, 0.25) is 0 Å². The molecule has 0 N–H and O–H groups in total. The fraction of sp³-hybridized carbons (Fsp3) is 0.289. The summed E-state index contributed by atoms with van der Waals surface area (Å²) in [5.74, 6) is 1.36. The zero-order valence-electron chi connectivity index (χ0n) is 29.2. The molecule has 51 heavy (non-hydrogen) atoms. The molecule has 4 amide bonds. The largest absolute Gasteiger partial charge is 0.271 e. The van der Waals surface area contributed by atoms with Crippen LogP contribution in [-0.2, 0) is 0 Å². The fourth-order valence-electron chi connectivity index (χ4n) is 8.58. The second kappa shape index (κ2) is 13.0. The molecule has 0 saturated heterocycles. The summed E-state index contributed by atoms with van der Waals surface area (Å²) in [6.45, 7) is 4.38. The Bertz CT molecular complexity index is 2320. The van der Waals surface area contributed by atoms with Crippen molar-refractivity contribution in [3.8, 4) is 12.3 Å². The molecule has 0 atom stereocenters. The highest BCUT2D eigenvalue weighted by Gasteiger charge is 2.39. The predicted octanol–water partition coefficient (Wildman–Crippen LogP) is 10.4. The Hall–Kier alpha value is -5.54. The lowest BCUT2D eigenvalue weighted by Crippen LogP contribution is -2.47. The van der Waals surface area contributed by atoms with E-state index in [4.69, 9.17) is 6.42 Å². The topological polar surface area (TPSA) is 74.8 Å². The number of terminal acetylenes is 1. The van der Waals surface area contributed by atoms with Crippen molar-refractivity contribution in [3.05, 3.63) is 101 Å². The first-order chi connectivity index (χ1) is 24.9. The summed E-state index contributed by atoms with van der Waals surface area (Å²) in [5.41, 5.74) is 3.14. The molecule has 2 aliphatic rings. The van der Waals surface area contributed by atoms with Crippen LogP contribution < -0.4 is 4.90 Å². The van der Waals surface area contributed by atoms with Crippen molar-refractivity contribution < 1.29 is 19.2 Å². The zero-order chi connectivity index (χ0) is 35.4. The quantitative estimate of drug-likeness (QED) is 0.0426. The number of amides is 4. The minimum Gasteiger partial charge on any atom is -0.271 e. The Kier molecular flexibility index (Phi) is 8.30. The molecule has 0 aliphatic carbocycles. The van der Waals surface area contributed by atoms with E-state index in [0.717, 1.165) is 96.5 Å². The highest BCUT2D eigenvalue weighted by molar-refractivity contribution is 6.43. The van der Waals surface area contributed by atoms with Gasteiger partial charge in [0.15, 0.2) is 0 Å². The summed E-state index contributed by atoms with van der Waals surface area (Å²) in [7, 11) is 0. The molecule has 0 saturated carbocycles. The monoisotopic (exact) mass is 672 g/mol. The lowest BCUT2D eigenvalue weighted by Gasteiger charge is -2.35. The summed E-state index contributed by atoms with van der Waals surface area (Å²) in [6.07, 6.45) is 15.9. The Morgan fingerprint density at radius 3 is 1.31 bits per heavy atom. The minimum atomic E-state index is -0.393. The molecule has 0 unspecified atom stereocenters. The number of benzene rings is 6. The van der Waals surface area contributed by atoms with Crippen molar-refractivity contribution in [3.63, 3.8) is 0 Å². The number of hydrogen-bond acceptors (Lipinski definition) is 4. The van der Waals surface area contributed by atoms with E-state index >= 15 is 0 Å². The summed E-state index contributed by atoms with van der Waals surface area (Å²) in [5, 5.41) is 6.55. The molecular formula is C45H40N2O4. The van der Waals surface area contributed by atoms with Crippen molar-refractivity contribution >= 4 is 72.4 Å². The Balaban J connectivity index is 1.26. The normalized spacial score (nSPS) is 14.3. The van der Waals surface area contributed by atoms with Crippen LogP contribution in [0.5, 0.6) is 0 Å². The first-order valence-electron chi connectivity index (χ1n) is 18.4. The molecule has 254 valence electrons. The molecule has 2 aliphatic heterocycles. The summed E-state index contributed by atoms with van der Waals surface area (Å²) < 4.78 is 0. The molecule has 6 heteroatoms. The van der Waals surface area contributed by atoms with E-state index in [1.807, 2.05) is 36.4 Å². The highest BCUT2D eigenvalue weighted by Crippen LogP contribution is 2.47. The van der Waals surface area contributed by atoms with Gasteiger partial charge in [-0.2, -0.15) is 0 Å². The number of rotatable bonds is 12. The maximum atomic E-state index is 14.4. The fourth-order valence-corrected chi connectivity index (χ4v) is 8.58. The average molecular weight is 673 g/mol. The Labute approximate surface area is 297 Å². The van der Waals surface area contributed by atoms with Gasteiger partial charge in [0.05, 0.1) is 5.69 Å². The van der Waals surface area contributed by atoms with E-state index in [-0.39, 0.29) is 17.9 Å². The molecule has 8 rings (SSSR count). The van der Waals surface area contributed by atoms with Gasteiger partial charge in [-0.05, 0) is 93.7 Å². The first-order valence-corrected chi connectivity index (χ1v) is 18.4. The van der Waals surface area contributed by atoms with Gasteiger partial charge in [-0.3, -0.25) is 24.1 Å². The maximum absolute atomic E-state index is 14.4. The SMILES string of the molecule is C#Cc1ccc(N2C(=O)c3ccc4c5ccc6c7c(ccc(c8ccc(c3c48)C2=O)c75)C(=O)N(C(CCCCCC)CCCCCC)C6=O)cc1. The van der Waals surface area contributed by atoms with Crippen molar-refractivity contribution in [2.24, 2.45) is 0 Å². The van der Waals surface area contributed by atoms with Crippen molar-refractivity contribution in [1.29, 1.82) is 0 Å². The third-order valence-corrected chi connectivity index (χ3v) is 11.1. The lowest BCUT2D eigenvalue weighted by atomic mass is 9.82. The van der Waals surface area contributed by atoms with Gasteiger partial charge in [-0.25, -0.2) is 4.90 Å². The number of anilines is 1. The van der Waals surface area contributed by atoms with Crippen LogP contribution in [0.25, 0.3) is 43.1 Å². The van der Waals surface area contributed by atoms with Gasteiger partial charge >= 0.3 is 0 Å². The van der Waals surface area contributed by atoms with E-state index in [9.17, 15) is 19.2 Å². The Morgan fingerprint density at radius 1 is 0.510 bits per heavy atom. The van der Waals surface area contributed by atoms with E-state index < -0.39 is 11.8 Å². The second-order valence-corrected chi connectivity index (χ2v) is 14.1. The van der Waals surface area contributed by atoms with Crippen LogP contribution in [0.3, 0.4) is 0 Å². The van der Waals surface area contributed by atoms with Crippen molar-refractivity contribution in [2.45, 2.75) is 84.1 Å². The third kappa shape index (κ3) is 5.01. The molecule has 0 fully saturated rings. The maximum Gasteiger partial charge on any atom is 0.265 e. The predicted molar refractivity (Wildman–Crippen MR) is 205 cm³/mol. The van der Waals surface area contributed by atoms with Crippen LogP contribution in [0.2, 0.25) is 0 Å². The van der Waals surface area contributed by atoms with Crippen LogP contribution >= 0.6 is 0 Å². The summed E-state index contributed by atoms with van der Waals surface area (Å²) >= 11 is 0. The zero-order valence-corrected chi connectivity index (χ0v) is 29.2. The van der Waals surface area contributed by atoms with Crippen LogP contribution in [0.4, 0.5) is 5.69 Å². The molecule has 0 aromatic heterocycles. The number of carbonyl (C=O) groups is 4. The number of imide groups is 2. The van der Waals surface area contributed by atoms with Gasteiger partial charge in [0, 0.05) is 44.6 Å². The summed E-state index contributed by atoms with van der Waals surface area (Å²) in [6, 6.07) is 21.9. The molecule has 0 bridgehead atoms. The van der Waals surface area contributed by atoms with Crippen LogP contribution in [-0.4, -0.2) is 34.6 Å². The highest BCUT2D eigenvalue weighted by atomic mass is 16.2. The molecule has 0 radical (unpaired) electrons. The van der Waals surface area contributed by atoms with Crippen molar-refractivity contribution in [1.82, 2.24) is 4.90 Å². The standard InChI is InChI=1S/C45H40N2O4/c1-4-7-9-11-13-28(14-12-10-8-5-2)46-42(48)34-23-19-30-32-21-25-36-41-37(45(51)47(44(36)50)29-17-15-27(6-3)16-18-29)26-22-33(39(32)41)31-20-24-35(43(46)49)40(34)38(30)31/h3,15-26,28H,4-5,7-14H2,1-2H3. The number of carbonyl (C=O) groups excluding carboxylic acids is 4. The van der Waals surface area contributed by atoms with E-state index in [1.165, 1.54) is 4.90 Å². The van der Waals surface area contributed by atoms with Gasteiger partial charge in [0.25, 0.3) is 23.6 Å². The molecular weight excluding hydrogens is 633 g/mol. The van der Waals surface area contributed by atoms with Crippen LogP contribution in [0, 0.1) is 12.3 Å². The minimum absolute atomic E-state index is 0.129. The van der Waals surface area contributed by atoms with Gasteiger partial charge in [0.1, 0.15) is 0 Å². The number of fused-ring (bicyclic) bond motifs is 2. The average Bonchev–Trinajstić information content (AvgIpc) is 3.15. The number of nitrogens with zero attached hydrogens (tertiary/aromatic N) is 2. The molecule has 6 aromatic rings. The van der Waals surface area contributed by atoms with Gasteiger partial charge in [-0.15, -0.1) is 6.42 Å². The van der Waals surface area contributed by atoms with E-state index in [0.29, 0.717) is 44.3 Å². The van der Waals surface area contributed by atoms with Crippen LogP contribution in [0.15, 0.2) is 72.8 Å². The number of unbranched alkanes of at least 4 members (excludes halogenated alkanes) is 6. The third-order valence-electron chi connectivity index (χ3n) is 11.1. The smallest absolute Gasteiger partial charge is 0.265 e. The van der Waals surface area contributed by atoms with E-state index in [1.54, 1.807) is 41.3 Å². The molecule has 0 spiro atoms. The van der Waals surface area contributed by atoms with Crippen molar-refractivity contribution in [2.75, 3.05) is 4.90 Å². The molecule has 6 nitrogen and oxygen atoms in total. The molecule has 2 heterocycles.